The Morgan fingerprint density at radius 1 is 1.26 bits per heavy atom. The third-order valence-electron chi connectivity index (χ3n) is 3.26. The lowest BCUT2D eigenvalue weighted by Crippen LogP contribution is -2.39. The number of ether oxygens (including phenoxy) is 1. The van der Waals surface area contributed by atoms with Gasteiger partial charge in [0.1, 0.15) is 12.4 Å². The maximum Gasteiger partial charge on any atom is 0.417 e. The number of halogens is 4. The molecule has 0 amide bonds. The van der Waals surface area contributed by atoms with E-state index in [-0.39, 0.29) is 36.5 Å². The zero-order chi connectivity index (χ0) is 18.8. The molecule has 150 valence electrons. The van der Waals surface area contributed by atoms with Gasteiger partial charge in [-0.15, -0.1) is 24.0 Å². The number of pyridine rings is 1. The zero-order valence-corrected chi connectivity index (χ0v) is 17.1. The van der Waals surface area contributed by atoms with E-state index in [1.807, 2.05) is 19.1 Å². The van der Waals surface area contributed by atoms with Gasteiger partial charge in [-0.2, -0.15) is 13.2 Å². The fourth-order valence-electron chi connectivity index (χ4n) is 2.03. The summed E-state index contributed by atoms with van der Waals surface area (Å²) >= 11 is 0. The molecular formula is C17H22F3IN4O2. The Bertz CT molecular complexity index is 676. The second-order valence-corrected chi connectivity index (χ2v) is 5.25. The van der Waals surface area contributed by atoms with Gasteiger partial charge in [-0.1, -0.05) is 0 Å². The summed E-state index contributed by atoms with van der Waals surface area (Å²) in [6.45, 7) is 3.88. The van der Waals surface area contributed by atoms with Crippen LogP contribution in [-0.2, 0) is 12.6 Å². The van der Waals surface area contributed by atoms with Crippen LogP contribution in [0.2, 0.25) is 0 Å². The minimum Gasteiger partial charge on any atom is -0.476 e. The van der Waals surface area contributed by atoms with Crippen LogP contribution in [0.4, 0.5) is 13.2 Å². The largest absolute Gasteiger partial charge is 0.476 e. The highest BCUT2D eigenvalue weighted by Gasteiger charge is 2.30. The van der Waals surface area contributed by atoms with Gasteiger partial charge >= 0.3 is 6.18 Å². The third kappa shape index (κ3) is 8.50. The summed E-state index contributed by atoms with van der Waals surface area (Å²) in [5, 5.41) is 6.18. The first-order chi connectivity index (χ1) is 12.5. The Balaban J connectivity index is 0.00000364. The molecule has 2 rings (SSSR count). The number of rotatable bonds is 8. The van der Waals surface area contributed by atoms with Crippen molar-refractivity contribution in [2.45, 2.75) is 19.5 Å². The van der Waals surface area contributed by atoms with Crippen molar-refractivity contribution < 1.29 is 22.3 Å². The van der Waals surface area contributed by atoms with Gasteiger partial charge in [0, 0.05) is 31.8 Å². The molecule has 2 aromatic rings. The van der Waals surface area contributed by atoms with Gasteiger partial charge < -0.3 is 19.8 Å². The number of furan rings is 1. The van der Waals surface area contributed by atoms with E-state index in [1.54, 1.807) is 6.26 Å². The van der Waals surface area contributed by atoms with Gasteiger partial charge in [0.2, 0.25) is 5.88 Å². The van der Waals surface area contributed by atoms with Gasteiger partial charge in [0.15, 0.2) is 5.96 Å². The van der Waals surface area contributed by atoms with E-state index >= 15 is 0 Å². The van der Waals surface area contributed by atoms with Gasteiger partial charge in [-0.05, 0) is 25.1 Å². The highest BCUT2D eigenvalue weighted by Crippen LogP contribution is 2.29. The average Bonchev–Trinajstić information content (AvgIpc) is 3.11. The van der Waals surface area contributed by atoms with Crippen LogP contribution in [0.5, 0.6) is 5.88 Å². The number of guanidine groups is 1. The Morgan fingerprint density at radius 2 is 2.07 bits per heavy atom. The van der Waals surface area contributed by atoms with Crippen LogP contribution in [0.25, 0.3) is 0 Å². The SMILES string of the molecule is CCNC(=NCCc1ccco1)NCCOc1ccc(C(F)(F)F)cn1.I. The molecule has 0 bridgehead atoms. The standard InChI is InChI=1S/C17H21F3N4O2.HI/c1-2-21-16(22-8-7-14-4-3-10-25-14)23-9-11-26-15-6-5-13(12-24-15)17(18,19)20;/h3-6,10,12H,2,7-9,11H2,1H3,(H2,21,22,23);1H. The summed E-state index contributed by atoms with van der Waals surface area (Å²) in [7, 11) is 0. The topological polar surface area (TPSA) is 71.7 Å². The van der Waals surface area contributed by atoms with Gasteiger partial charge in [0.05, 0.1) is 18.4 Å². The highest BCUT2D eigenvalue weighted by molar-refractivity contribution is 14.0. The Morgan fingerprint density at radius 3 is 2.67 bits per heavy atom. The predicted molar refractivity (Wildman–Crippen MR) is 107 cm³/mol. The molecule has 0 radical (unpaired) electrons. The molecule has 2 N–H and O–H groups in total. The number of aromatic nitrogens is 1. The molecule has 0 aromatic carbocycles. The van der Waals surface area contributed by atoms with Crippen LogP contribution in [0, 0.1) is 0 Å². The van der Waals surface area contributed by atoms with E-state index in [2.05, 4.69) is 20.6 Å². The van der Waals surface area contributed by atoms with Crippen LogP contribution in [-0.4, -0.2) is 37.2 Å². The van der Waals surface area contributed by atoms with Crippen LogP contribution in [0.1, 0.15) is 18.2 Å². The molecule has 0 saturated heterocycles. The van der Waals surface area contributed by atoms with Crippen LogP contribution < -0.4 is 15.4 Å². The first-order valence-electron chi connectivity index (χ1n) is 8.19. The molecule has 0 spiro atoms. The highest BCUT2D eigenvalue weighted by atomic mass is 127. The van der Waals surface area contributed by atoms with Crippen molar-refractivity contribution in [2.24, 2.45) is 4.99 Å². The molecule has 2 heterocycles. The smallest absolute Gasteiger partial charge is 0.417 e. The second-order valence-electron chi connectivity index (χ2n) is 5.25. The first kappa shape index (κ1) is 23.1. The normalized spacial score (nSPS) is 11.6. The molecule has 10 heteroatoms. The monoisotopic (exact) mass is 498 g/mol. The molecule has 0 fully saturated rings. The summed E-state index contributed by atoms with van der Waals surface area (Å²) < 4.78 is 48.0. The first-order valence-corrected chi connectivity index (χ1v) is 8.19. The van der Waals surface area contributed by atoms with Crippen LogP contribution >= 0.6 is 24.0 Å². The van der Waals surface area contributed by atoms with Crippen molar-refractivity contribution in [3.8, 4) is 5.88 Å². The fourth-order valence-corrected chi connectivity index (χ4v) is 2.03. The van der Waals surface area contributed by atoms with Crippen LogP contribution in [0.3, 0.4) is 0 Å². The lowest BCUT2D eigenvalue weighted by molar-refractivity contribution is -0.137. The quantitative estimate of drug-likeness (QED) is 0.253. The molecule has 6 nitrogen and oxygen atoms in total. The van der Waals surface area contributed by atoms with Crippen molar-refractivity contribution in [1.82, 2.24) is 15.6 Å². The van der Waals surface area contributed by atoms with E-state index in [0.717, 1.165) is 18.0 Å². The molecule has 2 aromatic heterocycles. The molecule has 0 aliphatic rings. The lowest BCUT2D eigenvalue weighted by Gasteiger charge is -2.12. The zero-order valence-electron chi connectivity index (χ0n) is 14.8. The summed E-state index contributed by atoms with van der Waals surface area (Å²) in [5.74, 6) is 1.63. The van der Waals surface area contributed by atoms with E-state index < -0.39 is 11.7 Å². The number of hydrogen-bond acceptors (Lipinski definition) is 4. The Labute approximate surface area is 172 Å². The molecule has 0 aliphatic carbocycles. The van der Waals surface area contributed by atoms with Gasteiger partial charge in [0.25, 0.3) is 0 Å². The molecule has 0 saturated carbocycles. The van der Waals surface area contributed by atoms with Crippen molar-refractivity contribution in [1.29, 1.82) is 0 Å². The Hall–Kier alpha value is -1.98. The summed E-state index contributed by atoms with van der Waals surface area (Å²) in [6, 6.07) is 5.86. The summed E-state index contributed by atoms with van der Waals surface area (Å²) in [5.41, 5.74) is -0.805. The van der Waals surface area contributed by atoms with Gasteiger partial charge in [-0.25, -0.2) is 4.98 Å². The number of hydrogen-bond donors (Lipinski definition) is 2. The third-order valence-corrected chi connectivity index (χ3v) is 3.26. The number of nitrogens with zero attached hydrogens (tertiary/aromatic N) is 2. The molecule has 27 heavy (non-hydrogen) atoms. The van der Waals surface area contributed by atoms with Gasteiger partial charge in [-0.3, -0.25) is 4.99 Å². The summed E-state index contributed by atoms with van der Waals surface area (Å²) in [6.07, 6.45) is -1.34. The molecular weight excluding hydrogens is 476 g/mol. The summed E-state index contributed by atoms with van der Waals surface area (Å²) in [4.78, 5) is 8.06. The van der Waals surface area contributed by atoms with E-state index in [4.69, 9.17) is 9.15 Å². The van der Waals surface area contributed by atoms with Crippen LogP contribution in [0.15, 0.2) is 46.1 Å². The number of aliphatic imine (C=N–C) groups is 1. The number of nitrogens with one attached hydrogen (secondary N) is 2. The van der Waals surface area contributed by atoms with Crippen molar-refractivity contribution >= 4 is 29.9 Å². The van der Waals surface area contributed by atoms with E-state index in [0.29, 0.717) is 32.0 Å². The average molecular weight is 498 g/mol. The van der Waals surface area contributed by atoms with Crippen molar-refractivity contribution in [3.63, 3.8) is 0 Å². The fraction of sp³-hybridized carbons (Fsp3) is 0.412. The predicted octanol–water partition coefficient (Wildman–Crippen LogP) is 3.49. The molecule has 0 unspecified atom stereocenters. The maximum absolute atomic E-state index is 12.5. The van der Waals surface area contributed by atoms with E-state index in [9.17, 15) is 13.2 Å². The molecule has 0 atom stereocenters. The van der Waals surface area contributed by atoms with Crippen molar-refractivity contribution in [2.75, 3.05) is 26.2 Å². The Kier molecular flexibility index (Phi) is 9.97. The number of alkyl halides is 3. The second kappa shape index (κ2) is 11.7. The molecule has 0 aliphatic heterocycles. The van der Waals surface area contributed by atoms with E-state index in [1.165, 1.54) is 6.07 Å². The lowest BCUT2D eigenvalue weighted by atomic mass is 10.3. The van der Waals surface area contributed by atoms with Crippen molar-refractivity contribution in [3.05, 3.63) is 48.0 Å². The maximum atomic E-state index is 12.5. The minimum absolute atomic E-state index is 0. The minimum atomic E-state index is -4.40.